The predicted molar refractivity (Wildman–Crippen MR) is 82.2 cm³/mol. The third-order valence-electron chi connectivity index (χ3n) is 3.81. The topological polar surface area (TPSA) is 41.1 Å². The summed E-state index contributed by atoms with van der Waals surface area (Å²) in [6, 6.07) is 2.14. The van der Waals surface area contributed by atoms with Crippen LogP contribution < -0.4 is 10.2 Å². The van der Waals surface area contributed by atoms with Gasteiger partial charge >= 0.3 is 0 Å². The van der Waals surface area contributed by atoms with Crippen molar-refractivity contribution in [2.75, 3.05) is 30.4 Å². The van der Waals surface area contributed by atoms with E-state index < -0.39 is 0 Å². The minimum absolute atomic E-state index is 0.726. The monoisotopic (exact) mass is 276 g/mol. The van der Waals surface area contributed by atoms with Gasteiger partial charge in [-0.2, -0.15) is 4.98 Å². The van der Waals surface area contributed by atoms with Gasteiger partial charge in [-0.15, -0.1) is 11.3 Å². The average Bonchev–Trinajstić information content (AvgIpc) is 3.06. The number of fused-ring (bicyclic) bond motifs is 1. The zero-order chi connectivity index (χ0) is 13.2. The van der Waals surface area contributed by atoms with E-state index in [1.54, 1.807) is 11.3 Å². The minimum atomic E-state index is 0.726. The van der Waals surface area contributed by atoms with Crippen molar-refractivity contribution in [2.45, 2.75) is 26.2 Å². The quantitative estimate of drug-likeness (QED) is 0.929. The van der Waals surface area contributed by atoms with Gasteiger partial charge in [-0.1, -0.05) is 13.3 Å². The number of aromatic nitrogens is 2. The van der Waals surface area contributed by atoms with Crippen molar-refractivity contribution in [1.82, 2.24) is 9.97 Å². The normalized spacial score (nSPS) is 19.3. The van der Waals surface area contributed by atoms with Crippen LogP contribution in [-0.4, -0.2) is 30.1 Å². The molecule has 0 amide bonds. The fourth-order valence-electron chi connectivity index (χ4n) is 2.86. The van der Waals surface area contributed by atoms with Crippen molar-refractivity contribution in [3.05, 3.63) is 11.4 Å². The number of nitrogens with one attached hydrogen (secondary N) is 1. The van der Waals surface area contributed by atoms with Gasteiger partial charge in [0.25, 0.3) is 0 Å². The number of hydrogen-bond donors (Lipinski definition) is 1. The number of thiophene rings is 1. The highest BCUT2D eigenvalue weighted by atomic mass is 32.1. The molecule has 1 saturated heterocycles. The molecule has 1 unspecified atom stereocenters. The molecule has 102 valence electrons. The summed E-state index contributed by atoms with van der Waals surface area (Å²) in [7, 11) is 1.88. The van der Waals surface area contributed by atoms with E-state index in [-0.39, 0.29) is 0 Å². The first-order valence-electron chi connectivity index (χ1n) is 6.99. The molecule has 0 saturated carbocycles. The molecule has 3 heterocycles. The fraction of sp³-hybridized carbons (Fsp3) is 0.571. The summed E-state index contributed by atoms with van der Waals surface area (Å²) in [6.45, 7) is 4.53. The second kappa shape index (κ2) is 5.33. The first-order valence-corrected chi connectivity index (χ1v) is 7.87. The van der Waals surface area contributed by atoms with Crippen LogP contribution in [0.15, 0.2) is 11.4 Å². The van der Waals surface area contributed by atoms with Crippen molar-refractivity contribution >= 4 is 33.3 Å². The Morgan fingerprint density at radius 3 is 3.16 bits per heavy atom. The van der Waals surface area contributed by atoms with E-state index in [0.717, 1.165) is 35.6 Å². The van der Waals surface area contributed by atoms with Gasteiger partial charge in [0.2, 0.25) is 5.95 Å². The summed E-state index contributed by atoms with van der Waals surface area (Å²) in [5.74, 6) is 2.66. The summed E-state index contributed by atoms with van der Waals surface area (Å²) >= 11 is 1.68. The Kier molecular flexibility index (Phi) is 3.55. The number of nitrogens with zero attached hydrogens (tertiary/aromatic N) is 3. The van der Waals surface area contributed by atoms with Gasteiger partial charge in [-0.3, -0.25) is 0 Å². The van der Waals surface area contributed by atoms with Crippen LogP contribution >= 0.6 is 11.3 Å². The Morgan fingerprint density at radius 1 is 1.47 bits per heavy atom. The first kappa shape index (κ1) is 12.7. The van der Waals surface area contributed by atoms with E-state index in [0.29, 0.717) is 0 Å². The Morgan fingerprint density at radius 2 is 2.37 bits per heavy atom. The van der Waals surface area contributed by atoms with E-state index in [9.17, 15) is 0 Å². The van der Waals surface area contributed by atoms with Gasteiger partial charge in [0.05, 0.1) is 5.39 Å². The lowest BCUT2D eigenvalue weighted by Gasteiger charge is -2.19. The lowest BCUT2D eigenvalue weighted by molar-refractivity contribution is 0.529. The van der Waals surface area contributed by atoms with Crippen LogP contribution in [0.5, 0.6) is 0 Å². The summed E-state index contributed by atoms with van der Waals surface area (Å²) in [5, 5.41) is 6.36. The van der Waals surface area contributed by atoms with E-state index in [2.05, 4.69) is 38.6 Å². The highest BCUT2D eigenvalue weighted by molar-refractivity contribution is 7.16. The highest BCUT2D eigenvalue weighted by Gasteiger charge is 2.25. The van der Waals surface area contributed by atoms with E-state index in [1.807, 2.05) is 7.05 Å². The molecule has 0 bridgehead atoms. The van der Waals surface area contributed by atoms with E-state index in [1.165, 1.54) is 24.6 Å². The third-order valence-corrected chi connectivity index (χ3v) is 4.62. The lowest BCUT2D eigenvalue weighted by atomic mass is 10.0. The SMILES string of the molecule is CCCC1CCN(c2nc(NC)nc3sccc23)C1. The van der Waals surface area contributed by atoms with Crippen molar-refractivity contribution < 1.29 is 0 Å². The van der Waals surface area contributed by atoms with Crippen molar-refractivity contribution in [1.29, 1.82) is 0 Å². The second-order valence-electron chi connectivity index (χ2n) is 5.15. The van der Waals surface area contributed by atoms with Gasteiger partial charge < -0.3 is 10.2 Å². The molecule has 1 aliphatic heterocycles. The maximum absolute atomic E-state index is 4.68. The molecule has 0 radical (unpaired) electrons. The molecule has 0 aliphatic carbocycles. The van der Waals surface area contributed by atoms with Crippen LogP contribution in [0.4, 0.5) is 11.8 Å². The summed E-state index contributed by atoms with van der Waals surface area (Å²) in [4.78, 5) is 12.7. The molecular formula is C14H20N4S. The maximum Gasteiger partial charge on any atom is 0.225 e. The molecule has 1 atom stereocenters. The Bertz CT molecular complexity index is 566. The van der Waals surface area contributed by atoms with Gasteiger partial charge in [-0.05, 0) is 30.2 Å². The van der Waals surface area contributed by atoms with Gasteiger partial charge in [0.15, 0.2) is 0 Å². The van der Waals surface area contributed by atoms with E-state index >= 15 is 0 Å². The fourth-order valence-corrected chi connectivity index (χ4v) is 3.62. The average molecular weight is 276 g/mol. The Hall–Kier alpha value is -1.36. The van der Waals surface area contributed by atoms with Crippen LogP contribution in [0.2, 0.25) is 0 Å². The third kappa shape index (κ3) is 2.39. The van der Waals surface area contributed by atoms with Crippen molar-refractivity contribution in [2.24, 2.45) is 5.92 Å². The largest absolute Gasteiger partial charge is 0.357 e. The summed E-state index contributed by atoms with van der Waals surface area (Å²) < 4.78 is 0. The molecule has 0 aromatic carbocycles. The Balaban J connectivity index is 1.93. The highest BCUT2D eigenvalue weighted by Crippen LogP contribution is 2.33. The molecule has 2 aromatic heterocycles. The van der Waals surface area contributed by atoms with Gasteiger partial charge in [-0.25, -0.2) is 4.98 Å². The molecule has 3 rings (SSSR count). The van der Waals surface area contributed by atoms with Crippen LogP contribution in [0.3, 0.4) is 0 Å². The van der Waals surface area contributed by atoms with Crippen LogP contribution in [-0.2, 0) is 0 Å². The summed E-state index contributed by atoms with van der Waals surface area (Å²) in [6.07, 6.45) is 3.89. The smallest absolute Gasteiger partial charge is 0.225 e. The van der Waals surface area contributed by atoms with Gasteiger partial charge in [0, 0.05) is 20.1 Å². The molecule has 1 aliphatic rings. The summed E-state index contributed by atoms with van der Waals surface area (Å²) in [5.41, 5.74) is 0. The standard InChI is InChI=1S/C14H20N4S/c1-3-4-10-5-7-18(9-10)12-11-6-8-19-13(11)17-14(15-2)16-12/h6,8,10H,3-5,7,9H2,1-2H3,(H,15,16,17). The van der Waals surface area contributed by atoms with Crippen LogP contribution in [0, 0.1) is 5.92 Å². The first-order chi connectivity index (χ1) is 9.31. The van der Waals surface area contributed by atoms with Crippen molar-refractivity contribution in [3.63, 3.8) is 0 Å². The number of anilines is 2. The second-order valence-corrected chi connectivity index (χ2v) is 6.04. The number of hydrogen-bond acceptors (Lipinski definition) is 5. The zero-order valence-corrected chi connectivity index (χ0v) is 12.3. The Labute approximate surface area is 117 Å². The molecule has 1 fully saturated rings. The molecular weight excluding hydrogens is 256 g/mol. The molecule has 19 heavy (non-hydrogen) atoms. The molecule has 5 heteroatoms. The van der Waals surface area contributed by atoms with Crippen LogP contribution in [0.1, 0.15) is 26.2 Å². The minimum Gasteiger partial charge on any atom is -0.357 e. The van der Waals surface area contributed by atoms with Gasteiger partial charge in [0.1, 0.15) is 10.6 Å². The van der Waals surface area contributed by atoms with E-state index in [4.69, 9.17) is 0 Å². The number of rotatable bonds is 4. The molecule has 1 N–H and O–H groups in total. The molecule has 0 spiro atoms. The predicted octanol–water partition coefficient (Wildman–Crippen LogP) is 3.36. The van der Waals surface area contributed by atoms with Crippen LogP contribution in [0.25, 0.3) is 10.2 Å². The van der Waals surface area contributed by atoms with Crippen molar-refractivity contribution in [3.8, 4) is 0 Å². The maximum atomic E-state index is 4.68. The lowest BCUT2D eigenvalue weighted by Crippen LogP contribution is -2.21. The zero-order valence-electron chi connectivity index (χ0n) is 11.5. The molecule has 4 nitrogen and oxygen atoms in total. The molecule has 2 aromatic rings.